The van der Waals surface area contributed by atoms with Crippen molar-refractivity contribution in [1.82, 2.24) is 9.97 Å². The van der Waals surface area contributed by atoms with E-state index in [1.165, 1.54) is 0 Å². The number of piperidine rings is 1. The summed E-state index contributed by atoms with van der Waals surface area (Å²) < 4.78 is 5.51. The Balaban J connectivity index is 1.94. The lowest BCUT2D eigenvalue weighted by Crippen LogP contribution is -2.38. The molecule has 104 valence electrons. The number of nitrogen functional groups attached to an aromatic ring is 1. The molecule has 1 fully saturated rings. The second kappa shape index (κ2) is 6.44. The number of nitrogens with one attached hydrogen (secondary N) is 1. The van der Waals surface area contributed by atoms with E-state index in [2.05, 4.69) is 14.9 Å². The van der Waals surface area contributed by atoms with Crippen molar-refractivity contribution >= 4 is 11.8 Å². The normalized spacial score (nSPS) is 16.6. The first kappa shape index (κ1) is 13.7. The minimum absolute atomic E-state index is 0.0511. The summed E-state index contributed by atoms with van der Waals surface area (Å²) in [6.45, 7) is 2.06. The topological polar surface area (TPSA) is 108 Å². The van der Waals surface area contributed by atoms with Crippen molar-refractivity contribution in [2.24, 2.45) is 5.73 Å². The molecule has 1 aliphatic rings. The number of nitrogens with zero attached hydrogens (tertiary/aromatic N) is 3. The molecule has 0 aliphatic carbocycles. The molecule has 7 nitrogen and oxygen atoms in total. The van der Waals surface area contributed by atoms with Gasteiger partial charge in [-0.15, -0.1) is 0 Å². The van der Waals surface area contributed by atoms with E-state index in [-0.39, 0.29) is 18.5 Å². The number of rotatable bonds is 5. The SMILES string of the molecule is N=C(N)c1ccnc(N2CCC(OCCO)CC2)n1. The van der Waals surface area contributed by atoms with E-state index in [0.717, 1.165) is 25.9 Å². The highest BCUT2D eigenvalue weighted by Crippen LogP contribution is 2.18. The Bertz CT molecular complexity index is 432. The van der Waals surface area contributed by atoms with Gasteiger partial charge in [0.25, 0.3) is 0 Å². The summed E-state index contributed by atoms with van der Waals surface area (Å²) in [7, 11) is 0. The Morgan fingerprint density at radius 1 is 1.53 bits per heavy atom. The van der Waals surface area contributed by atoms with Gasteiger partial charge in [-0.2, -0.15) is 0 Å². The van der Waals surface area contributed by atoms with Gasteiger partial charge < -0.3 is 20.5 Å². The molecule has 2 heterocycles. The summed E-state index contributed by atoms with van der Waals surface area (Å²) in [6, 6.07) is 1.63. The van der Waals surface area contributed by atoms with Crippen molar-refractivity contribution in [3.63, 3.8) is 0 Å². The maximum absolute atomic E-state index is 8.72. The van der Waals surface area contributed by atoms with Gasteiger partial charge >= 0.3 is 0 Å². The third-order valence-electron chi connectivity index (χ3n) is 3.09. The molecule has 1 saturated heterocycles. The molecule has 0 saturated carbocycles. The molecule has 0 atom stereocenters. The minimum atomic E-state index is -0.0511. The van der Waals surface area contributed by atoms with E-state index in [1.807, 2.05) is 0 Å². The molecule has 0 aromatic carbocycles. The molecule has 0 spiro atoms. The van der Waals surface area contributed by atoms with Crippen LogP contribution in [0.2, 0.25) is 0 Å². The number of nitrogens with two attached hydrogens (primary N) is 1. The van der Waals surface area contributed by atoms with Gasteiger partial charge in [-0.3, -0.25) is 5.41 Å². The largest absolute Gasteiger partial charge is 0.394 e. The van der Waals surface area contributed by atoms with Gasteiger partial charge in [0, 0.05) is 19.3 Å². The Morgan fingerprint density at radius 3 is 2.89 bits per heavy atom. The van der Waals surface area contributed by atoms with Crippen LogP contribution < -0.4 is 10.6 Å². The van der Waals surface area contributed by atoms with E-state index in [1.54, 1.807) is 12.3 Å². The number of hydrogen-bond acceptors (Lipinski definition) is 6. The van der Waals surface area contributed by atoms with Crippen LogP contribution >= 0.6 is 0 Å². The highest BCUT2D eigenvalue weighted by Gasteiger charge is 2.21. The number of aromatic nitrogens is 2. The number of aliphatic hydroxyl groups is 1. The van der Waals surface area contributed by atoms with Gasteiger partial charge in [0.2, 0.25) is 5.95 Å². The van der Waals surface area contributed by atoms with Crippen LogP contribution in [0.3, 0.4) is 0 Å². The fourth-order valence-corrected chi connectivity index (χ4v) is 2.09. The van der Waals surface area contributed by atoms with Crippen LogP contribution in [0.25, 0.3) is 0 Å². The molecule has 0 radical (unpaired) electrons. The Kier molecular flexibility index (Phi) is 4.64. The summed E-state index contributed by atoms with van der Waals surface area (Å²) in [5, 5.41) is 16.1. The van der Waals surface area contributed by atoms with Crippen molar-refractivity contribution in [3.8, 4) is 0 Å². The summed E-state index contributed by atoms with van der Waals surface area (Å²) in [6.07, 6.45) is 3.58. The van der Waals surface area contributed by atoms with Crippen LogP contribution in [0.4, 0.5) is 5.95 Å². The van der Waals surface area contributed by atoms with Gasteiger partial charge in [0.1, 0.15) is 11.5 Å². The summed E-state index contributed by atoms with van der Waals surface area (Å²) in [5.41, 5.74) is 5.87. The van der Waals surface area contributed by atoms with E-state index in [0.29, 0.717) is 18.2 Å². The van der Waals surface area contributed by atoms with Crippen LogP contribution in [0.1, 0.15) is 18.5 Å². The summed E-state index contributed by atoms with van der Waals surface area (Å²) >= 11 is 0. The van der Waals surface area contributed by atoms with Gasteiger partial charge in [-0.25, -0.2) is 9.97 Å². The minimum Gasteiger partial charge on any atom is -0.394 e. The smallest absolute Gasteiger partial charge is 0.225 e. The molecule has 4 N–H and O–H groups in total. The van der Waals surface area contributed by atoms with E-state index < -0.39 is 0 Å². The predicted molar refractivity (Wildman–Crippen MR) is 71.3 cm³/mol. The first-order valence-electron chi connectivity index (χ1n) is 6.35. The zero-order valence-electron chi connectivity index (χ0n) is 10.7. The molecule has 0 unspecified atom stereocenters. The van der Waals surface area contributed by atoms with E-state index in [9.17, 15) is 0 Å². The number of aliphatic hydroxyl groups excluding tert-OH is 1. The maximum atomic E-state index is 8.72. The molecule has 2 rings (SSSR count). The molecular formula is C12H19N5O2. The Labute approximate surface area is 111 Å². The van der Waals surface area contributed by atoms with Crippen LogP contribution in [0, 0.1) is 5.41 Å². The molecule has 7 heteroatoms. The fraction of sp³-hybridized carbons (Fsp3) is 0.583. The molecule has 0 amide bonds. The molecule has 19 heavy (non-hydrogen) atoms. The third-order valence-corrected chi connectivity index (χ3v) is 3.09. The quantitative estimate of drug-likeness (QED) is 0.500. The van der Waals surface area contributed by atoms with Crippen LogP contribution in [0.15, 0.2) is 12.3 Å². The lowest BCUT2D eigenvalue weighted by molar-refractivity contribution is 0.0157. The molecule has 1 aliphatic heterocycles. The number of anilines is 1. The second-order valence-corrected chi connectivity index (χ2v) is 4.44. The Morgan fingerprint density at radius 2 is 2.26 bits per heavy atom. The molecule has 1 aromatic heterocycles. The zero-order chi connectivity index (χ0) is 13.7. The van der Waals surface area contributed by atoms with Crippen molar-refractivity contribution in [1.29, 1.82) is 5.41 Å². The molecule has 1 aromatic rings. The van der Waals surface area contributed by atoms with Crippen LogP contribution in [-0.2, 0) is 4.74 Å². The predicted octanol–water partition coefficient (Wildman–Crippen LogP) is -0.262. The fourth-order valence-electron chi connectivity index (χ4n) is 2.09. The second-order valence-electron chi connectivity index (χ2n) is 4.44. The van der Waals surface area contributed by atoms with Crippen molar-refractivity contribution in [3.05, 3.63) is 18.0 Å². The zero-order valence-corrected chi connectivity index (χ0v) is 10.7. The average molecular weight is 265 g/mol. The van der Waals surface area contributed by atoms with Crippen molar-refractivity contribution in [2.45, 2.75) is 18.9 Å². The average Bonchev–Trinajstić information content (AvgIpc) is 2.46. The molecule has 0 bridgehead atoms. The lowest BCUT2D eigenvalue weighted by Gasteiger charge is -2.31. The number of amidine groups is 1. The monoisotopic (exact) mass is 265 g/mol. The number of hydrogen-bond donors (Lipinski definition) is 3. The first-order valence-corrected chi connectivity index (χ1v) is 6.35. The standard InChI is InChI=1S/C12H19N5O2/c13-11(14)10-1-4-15-12(16-10)17-5-2-9(3-6-17)19-8-7-18/h1,4,9,18H,2-3,5-8H2,(H3,13,14). The van der Waals surface area contributed by atoms with Gasteiger partial charge in [0.15, 0.2) is 0 Å². The Hall–Kier alpha value is -1.73. The van der Waals surface area contributed by atoms with Crippen molar-refractivity contribution < 1.29 is 9.84 Å². The summed E-state index contributed by atoms with van der Waals surface area (Å²) in [5.74, 6) is 0.554. The van der Waals surface area contributed by atoms with Crippen LogP contribution in [0.5, 0.6) is 0 Å². The highest BCUT2D eigenvalue weighted by molar-refractivity contribution is 5.93. The van der Waals surface area contributed by atoms with Gasteiger partial charge in [-0.05, 0) is 18.9 Å². The molecular weight excluding hydrogens is 246 g/mol. The first-order chi connectivity index (χ1) is 9.20. The summed E-state index contributed by atoms with van der Waals surface area (Å²) in [4.78, 5) is 10.5. The lowest BCUT2D eigenvalue weighted by atomic mass is 10.1. The third kappa shape index (κ3) is 3.62. The van der Waals surface area contributed by atoms with Crippen LogP contribution in [-0.4, -0.2) is 53.3 Å². The maximum Gasteiger partial charge on any atom is 0.225 e. The van der Waals surface area contributed by atoms with Gasteiger partial charge in [-0.1, -0.05) is 0 Å². The van der Waals surface area contributed by atoms with E-state index >= 15 is 0 Å². The highest BCUT2D eigenvalue weighted by atomic mass is 16.5. The number of ether oxygens (including phenoxy) is 1. The van der Waals surface area contributed by atoms with Gasteiger partial charge in [0.05, 0.1) is 19.3 Å². The van der Waals surface area contributed by atoms with Crippen molar-refractivity contribution in [2.75, 3.05) is 31.2 Å². The van der Waals surface area contributed by atoms with E-state index in [4.69, 9.17) is 21.0 Å².